The summed E-state index contributed by atoms with van der Waals surface area (Å²) in [5.74, 6) is 0.774. The van der Waals surface area contributed by atoms with Gasteiger partial charge in [0.05, 0.1) is 22.1 Å². The number of hydrogen-bond acceptors (Lipinski definition) is 5. The molecule has 3 heterocycles. The minimum atomic E-state index is -3.45. The zero-order valence-electron chi connectivity index (χ0n) is 16.2. The van der Waals surface area contributed by atoms with Crippen molar-refractivity contribution in [3.8, 4) is 0 Å². The lowest BCUT2D eigenvalue weighted by molar-refractivity contribution is 0.346. The van der Waals surface area contributed by atoms with Gasteiger partial charge in [0.2, 0.25) is 10.0 Å². The summed E-state index contributed by atoms with van der Waals surface area (Å²) in [6.45, 7) is 4.07. The molecule has 4 rings (SSSR count). The second-order valence-electron chi connectivity index (χ2n) is 7.06. The molecule has 2 aromatic heterocycles. The fraction of sp³-hybridized carbons (Fsp3) is 0.474. The molecule has 0 aliphatic carbocycles. The second-order valence-corrected chi connectivity index (χ2v) is 9.95. The first-order valence-electron chi connectivity index (χ1n) is 9.60. The van der Waals surface area contributed by atoms with Crippen LogP contribution in [0.2, 0.25) is 0 Å². The zero-order valence-corrected chi connectivity index (χ0v) is 17.8. The number of aryl methyl sites for hydroxylation is 2. The van der Waals surface area contributed by atoms with Crippen molar-refractivity contribution in [2.24, 2.45) is 7.05 Å². The van der Waals surface area contributed by atoms with Gasteiger partial charge in [0.15, 0.2) is 5.16 Å². The van der Waals surface area contributed by atoms with E-state index in [-0.39, 0.29) is 0 Å². The van der Waals surface area contributed by atoms with Gasteiger partial charge in [0, 0.05) is 44.2 Å². The van der Waals surface area contributed by atoms with Gasteiger partial charge in [-0.25, -0.2) is 13.4 Å². The number of piperidine rings is 1. The number of hydrogen-bond donors (Lipinski definition) is 0. The number of imidazole rings is 1. The number of thioether (sulfide) groups is 1. The topological polar surface area (TPSA) is 73.0 Å². The van der Waals surface area contributed by atoms with E-state index in [2.05, 4.69) is 16.6 Å². The Balaban J connectivity index is 1.64. The first-order valence-corrected chi connectivity index (χ1v) is 12.0. The lowest BCUT2D eigenvalue weighted by Crippen LogP contribution is -2.35. The van der Waals surface area contributed by atoms with Crippen molar-refractivity contribution in [2.75, 3.05) is 13.1 Å². The summed E-state index contributed by atoms with van der Waals surface area (Å²) in [5.41, 5.74) is 2.83. The average Bonchev–Trinajstić information content (AvgIpc) is 3.28. The van der Waals surface area contributed by atoms with E-state index in [1.807, 2.05) is 25.5 Å². The van der Waals surface area contributed by atoms with E-state index in [4.69, 9.17) is 4.98 Å². The molecule has 28 heavy (non-hydrogen) atoms. The summed E-state index contributed by atoms with van der Waals surface area (Å²) in [6, 6.07) is 5.33. The molecule has 0 saturated carbocycles. The summed E-state index contributed by atoms with van der Waals surface area (Å²) in [7, 11) is -1.55. The first kappa shape index (κ1) is 19.5. The molecule has 0 atom stereocenters. The van der Waals surface area contributed by atoms with Crippen molar-refractivity contribution in [3.05, 3.63) is 36.2 Å². The Labute approximate surface area is 169 Å². The molecule has 9 heteroatoms. The minimum absolute atomic E-state index is 0.339. The van der Waals surface area contributed by atoms with Crippen LogP contribution in [0.3, 0.4) is 0 Å². The third-order valence-electron chi connectivity index (χ3n) is 5.08. The molecule has 1 aliphatic rings. The van der Waals surface area contributed by atoms with Crippen LogP contribution in [0.15, 0.2) is 40.6 Å². The van der Waals surface area contributed by atoms with Gasteiger partial charge < -0.3 is 4.57 Å². The Bertz CT molecular complexity index is 1080. The van der Waals surface area contributed by atoms with Gasteiger partial charge in [-0.3, -0.25) is 4.68 Å². The number of benzene rings is 1. The van der Waals surface area contributed by atoms with Crippen molar-refractivity contribution < 1.29 is 8.42 Å². The molecule has 0 unspecified atom stereocenters. The van der Waals surface area contributed by atoms with E-state index in [1.165, 1.54) is 0 Å². The zero-order chi connectivity index (χ0) is 19.7. The van der Waals surface area contributed by atoms with Crippen molar-refractivity contribution in [1.29, 1.82) is 0 Å². The van der Waals surface area contributed by atoms with Crippen LogP contribution in [0.25, 0.3) is 11.0 Å². The molecule has 1 aliphatic heterocycles. The molecule has 3 aromatic rings. The monoisotopic (exact) mass is 419 g/mol. The minimum Gasteiger partial charge on any atom is -0.319 e. The molecular formula is C19H25N5O2S2. The predicted octanol–water partition coefficient (Wildman–Crippen LogP) is 3.26. The first-order chi connectivity index (χ1) is 13.5. The number of fused-ring (bicyclic) bond motifs is 1. The Morgan fingerprint density at radius 3 is 2.64 bits per heavy atom. The van der Waals surface area contributed by atoms with Gasteiger partial charge in [-0.15, -0.1) is 0 Å². The average molecular weight is 420 g/mol. The van der Waals surface area contributed by atoms with E-state index < -0.39 is 10.0 Å². The maximum Gasteiger partial charge on any atom is 0.243 e. The smallest absolute Gasteiger partial charge is 0.243 e. The quantitative estimate of drug-likeness (QED) is 0.574. The molecular weight excluding hydrogens is 394 g/mol. The molecule has 0 spiro atoms. The van der Waals surface area contributed by atoms with E-state index in [0.717, 1.165) is 53.3 Å². The highest BCUT2D eigenvalue weighted by Gasteiger charge is 2.26. The number of sulfonamides is 1. The molecule has 0 bridgehead atoms. The van der Waals surface area contributed by atoms with Crippen LogP contribution in [0.1, 0.15) is 31.7 Å². The van der Waals surface area contributed by atoms with Crippen LogP contribution in [0, 0.1) is 0 Å². The van der Waals surface area contributed by atoms with Gasteiger partial charge in [0.25, 0.3) is 0 Å². The summed E-state index contributed by atoms with van der Waals surface area (Å²) in [5, 5.41) is 5.10. The molecule has 0 amide bonds. The second kappa shape index (κ2) is 7.88. The summed E-state index contributed by atoms with van der Waals surface area (Å²) >= 11 is 1.64. The number of nitrogens with zero attached hydrogens (tertiary/aromatic N) is 5. The highest BCUT2D eigenvalue weighted by atomic mass is 32.2. The number of rotatable bonds is 6. The lowest BCUT2D eigenvalue weighted by atomic mass is 10.2. The van der Waals surface area contributed by atoms with Gasteiger partial charge >= 0.3 is 0 Å². The summed E-state index contributed by atoms with van der Waals surface area (Å²) < 4.78 is 31.5. The van der Waals surface area contributed by atoms with Gasteiger partial charge in [-0.2, -0.15) is 9.40 Å². The number of aromatic nitrogens is 4. The van der Waals surface area contributed by atoms with Crippen molar-refractivity contribution in [2.45, 2.75) is 48.5 Å². The third-order valence-corrected chi connectivity index (χ3v) is 8.02. The molecule has 0 radical (unpaired) electrons. The van der Waals surface area contributed by atoms with Crippen LogP contribution in [0.4, 0.5) is 0 Å². The van der Waals surface area contributed by atoms with Crippen LogP contribution in [-0.4, -0.2) is 45.1 Å². The van der Waals surface area contributed by atoms with Gasteiger partial charge in [-0.05, 0) is 38.0 Å². The molecule has 7 nitrogen and oxygen atoms in total. The third kappa shape index (κ3) is 3.70. The summed E-state index contributed by atoms with van der Waals surface area (Å²) in [4.78, 5) is 5.08. The van der Waals surface area contributed by atoms with Crippen molar-refractivity contribution in [3.63, 3.8) is 0 Å². The van der Waals surface area contributed by atoms with Crippen LogP contribution < -0.4 is 0 Å². The van der Waals surface area contributed by atoms with Crippen LogP contribution in [-0.2, 0) is 29.4 Å². The standard InChI is InChI=1S/C19H25N5O2S2/c1-3-24-18-8-7-16(28(25,26)23-9-5-4-6-10-23)11-17(18)21-19(24)27-14-15-12-20-22(2)13-15/h7-8,11-13H,3-6,9-10,14H2,1-2H3. The van der Waals surface area contributed by atoms with Crippen LogP contribution in [0.5, 0.6) is 0 Å². The van der Waals surface area contributed by atoms with E-state index in [1.54, 1.807) is 32.9 Å². The van der Waals surface area contributed by atoms with Crippen LogP contribution >= 0.6 is 11.8 Å². The normalized spacial score (nSPS) is 16.1. The Kier molecular flexibility index (Phi) is 5.48. The maximum absolute atomic E-state index is 13.0. The van der Waals surface area contributed by atoms with E-state index >= 15 is 0 Å². The summed E-state index contributed by atoms with van der Waals surface area (Å²) in [6.07, 6.45) is 6.82. The lowest BCUT2D eigenvalue weighted by Gasteiger charge is -2.25. The SMILES string of the molecule is CCn1c(SCc2cnn(C)c2)nc2cc(S(=O)(=O)N3CCCCC3)ccc21. The Morgan fingerprint density at radius 1 is 1.18 bits per heavy atom. The fourth-order valence-electron chi connectivity index (χ4n) is 3.61. The van der Waals surface area contributed by atoms with E-state index in [9.17, 15) is 8.42 Å². The van der Waals surface area contributed by atoms with Gasteiger partial charge in [0.1, 0.15) is 0 Å². The Morgan fingerprint density at radius 2 is 1.96 bits per heavy atom. The van der Waals surface area contributed by atoms with E-state index in [0.29, 0.717) is 18.0 Å². The largest absolute Gasteiger partial charge is 0.319 e. The predicted molar refractivity (Wildman–Crippen MR) is 111 cm³/mol. The van der Waals surface area contributed by atoms with Gasteiger partial charge in [-0.1, -0.05) is 18.2 Å². The molecule has 1 saturated heterocycles. The molecule has 150 valence electrons. The molecule has 1 fully saturated rings. The molecule has 1 aromatic carbocycles. The molecule has 0 N–H and O–H groups in total. The highest BCUT2D eigenvalue weighted by Crippen LogP contribution is 2.29. The maximum atomic E-state index is 13.0. The Hall–Kier alpha value is -1.84. The fourth-order valence-corrected chi connectivity index (χ4v) is 6.14. The van der Waals surface area contributed by atoms with Crippen molar-refractivity contribution >= 4 is 32.8 Å². The highest BCUT2D eigenvalue weighted by molar-refractivity contribution is 7.98. The van der Waals surface area contributed by atoms with Crippen molar-refractivity contribution in [1.82, 2.24) is 23.6 Å².